The summed E-state index contributed by atoms with van der Waals surface area (Å²) < 4.78 is 8.39. The minimum Gasteiger partial charge on any atom is -0.495 e. The summed E-state index contributed by atoms with van der Waals surface area (Å²) in [4.78, 5) is 20.8. The van der Waals surface area contributed by atoms with Crippen LogP contribution in [0.3, 0.4) is 0 Å². The Morgan fingerprint density at radius 2 is 1.97 bits per heavy atom. The number of nitrogens with zero attached hydrogens (tertiary/aromatic N) is 7. The molecule has 1 aliphatic heterocycles. The summed E-state index contributed by atoms with van der Waals surface area (Å²) in [5.41, 5.74) is 1.73. The maximum atomic E-state index is 12.8. The summed E-state index contributed by atoms with van der Waals surface area (Å²) in [5, 5.41) is 9.52. The first-order valence-electron chi connectivity index (χ1n) is 9.42. The van der Waals surface area contributed by atoms with Gasteiger partial charge in [0.25, 0.3) is 0 Å². The molecular weight excluding hydrogens is 429 g/mol. The second-order valence-corrected chi connectivity index (χ2v) is 7.69. The summed E-state index contributed by atoms with van der Waals surface area (Å²) in [5.74, 6) is 1.10. The Bertz CT molecular complexity index is 1040. The number of amides is 1. The quantitative estimate of drug-likeness (QED) is 0.594. The van der Waals surface area contributed by atoms with Crippen molar-refractivity contribution in [2.45, 2.75) is 13.5 Å². The lowest BCUT2D eigenvalue weighted by molar-refractivity contribution is -0.132. The zero-order chi connectivity index (χ0) is 21.3. The van der Waals surface area contributed by atoms with Crippen LogP contribution in [0.5, 0.6) is 5.75 Å². The number of hydrogen-bond acceptors (Lipinski definition) is 6. The van der Waals surface area contributed by atoms with E-state index >= 15 is 0 Å². The fourth-order valence-electron chi connectivity index (χ4n) is 3.41. The van der Waals surface area contributed by atoms with Crippen LogP contribution in [0.25, 0.3) is 5.82 Å². The van der Waals surface area contributed by atoms with Crippen molar-refractivity contribution >= 4 is 34.8 Å². The molecular formula is C19H21Cl2N7O2. The van der Waals surface area contributed by atoms with Crippen molar-refractivity contribution in [3.8, 4) is 11.6 Å². The maximum Gasteiger partial charge on any atom is 0.244 e. The largest absolute Gasteiger partial charge is 0.495 e. The van der Waals surface area contributed by atoms with E-state index in [4.69, 9.17) is 27.9 Å². The van der Waals surface area contributed by atoms with E-state index in [0.717, 1.165) is 18.8 Å². The Morgan fingerprint density at radius 1 is 1.20 bits per heavy atom. The van der Waals surface area contributed by atoms with Crippen LogP contribution in [0.15, 0.2) is 30.9 Å². The van der Waals surface area contributed by atoms with Gasteiger partial charge in [0.15, 0.2) is 5.82 Å². The van der Waals surface area contributed by atoms with Crippen LogP contribution in [0, 0.1) is 6.92 Å². The van der Waals surface area contributed by atoms with Gasteiger partial charge >= 0.3 is 0 Å². The van der Waals surface area contributed by atoms with Crippen LogP contribution in [-0.4, -0.2) is 68.6 Å². The number of benzene rings is 1. The van der Waals surface area contributed by atoms with Crippen LogP contribution in [0.1, 0.15) is 5.69 Å². The lowest BCUT2D eigenvalue weighted by Crippen LogP contribution is -2.49. The Labute approximate surface area is 183 Å². The summed E-state index contributed by atoms with van der Waals surface area (Å²) in [6, 6.07) is 5.70. The molecule has 0 N–H and O–H groups in total. The fraction of sp³-hybridized carbons (Fsp3) is 0.368. The highest BCUT2D eigenvalue weighted by Gasteiger charge is 2.24. The molecule has 0 unspecified atom stereocenters. The molecule has 4 rings (SSSR count). The van der Waals surface area contributed by atoms with Gasteiger partial charge in [0.2, 0.25) is 5.91 Å². The van der Waals surface area contributed by atoms with Crippen LogP contribution in [0.2, 0.25) is 10.0 Å². The van der Waals surface area contributed by atoms with E-state index in [-0.39, 0.29) is 12.5 Å². The number of carbonyl (C=O) groups is 1. The molecule has 0 spiro atoms. The molecule has 9 nitrogen and oxygen atoms in total. The standard InChI is InChI=1S/C19H21Cl2N7O2/c1-13-18(21)19(28-12-22-11-23-28)24-27(13)10-17(29)26-7-5-25(6-8-26)14-3-4-15(20)16(9-14)30-2/h3-4,9,11-12H,5-8,10H2,1-2H3. The molecule has 1 aromatic carbocycles. The van der Waals surface area contributed by atoms with Crippen molar-refractivity contribution < 1.29 is 9.53 Å². The highest BCUT2D eigenvalue weighted by atomic mass is 35.5. The van der Waals surface area contributed by atoms with Crippen LogP contribution in [-0.2, 0) is 11.3 Å². The zero-order valence-electron chi connectivity index (χ0n) is 16.6. The van der Waals surface area contributed by atoms with Crippen molar-refractivity contribution in [2.24, 2.45) is 0 Å². The van der Waals surface area contributed by atoms with E-state index in [1.165, 1.54) is 17.3 Å². The van der Waals surface area contributed by atoms with Crippen LogP contribution in [0.4, 0.5) is 5.69 Å². The van der Waals surface area contributed by atoms with Crippen LogP contribution < -0.4 is 9.64 Å². The van der Waals surface area contributed by atoms with Gasteiger partial charge in [-0.05, 0) is 19.1 Å². The van der Waals surface area contributed by atoms with Gasteiger partial charge in [0.1, 0.15) is 30.0 Å². The molecule has 1 aliphatic rings. The van der Waals surface area contributed by atoms with Gasteiger partial charge in [-0.3, -0.25) is 9.48 Å². The van der Waals surface area contributed by atoms with Gasteiger partial charge < -0.3 is 14.5 Å². The molecule has 1 fully saturated rings. The van der Waals surface area contributed by atoms with Crippen molar-refractivity contribution in [2.75, 3.05) is 38.2 Å². The highest BCUT2D eigenvalue weighted by molar-refractivity contribution is 6.33. The Kier molecular flexibility index (Phi) is 5.83. The van der Waals surface area contributed by atoms with Gasteiger partial charge in [-0.2, -0.15) is 14.9 Å². The number of halogens is 2. The number of ether oxygens (including phenoxy) is 1. The number of hydrogen-bond donors (Lipinski definition) is 0. The first kappa shape index (κ1) is 20.5. The predicted octanol–water partition coefficient (Wildman–Crippen LogP) is 2.44. The predicted molar refractivity (Wildman–Crippen MR) is 114 cm³/mol. The van der Waals surface area contributed by atoms with E-state index < -0.39 is 0 Å². The lowest BCUT2D eigenvalue weighted by Gasteiger charge is -2.36. The summed E-state index contributed by atoms with van der Waals surface area (Å²) in [6.07, 6.45) is 2.93. The molecule has 0 radical (unpaired) electrons. The molecule has 2 aromatic heterocycles. The van der Waals surface area contributed by atoms with E-state index in [1.807, 2.05) is 30.0 Å². The molecule has 1 saturated heterocycles. The van der Waals surface area contributed by atoms with E-state index in [1.54, 1.807) is 11.8 Å². The van der Waals surface area contributed by atoms with Crippen LogP contribution >= 0.6 is 23.2 Å². The van der Waals surface area contributed by atoms with Gasteiger partial charge in [-0.25, -0.2) is 4.98 Å². The molecule has 0 saturated carbocycles. The van der Waals surface area contributed by atoms with E-state index in [2.05, 4.69) is 20.1 Å². The average molecular weight is 450 g/mol. The summed E-state index contributed by atoms with van der Waals surface area (Å²) in [7, 11) is 1.60. The molecule has 0 atom stereocenters. The van der Waals surface area contributed by atoms with Crippen molar-refractivity contribution in [3.63, 3.8) is 0 Å². The second kappa shape index (κ2) is 8.53. The topological polar surface area (TPSA) is 81.3 Å². The first-order valence-corrected chi connectivity index (χ1v) is 10.2. The molecule has 158 valence electrons. The van der Waals surface area contributed by atoms with E-state index in [0.29, 0.717) is 40.4 Å². The van der Waals surface area contributed by atoms with Gasteiger partial charge in [0.05, 0.1) is 17.8 Å². The number of anilines is 1. The molecule has 3 heterocycles. The summed E-state index contributed by atoms with van der Waals surface area (Å²) >= 11 is 12.5. The minimum atomic E-state index is -0.00394. The zero-order valence-corrected chi connectivity index (χ0v) is 18.1. The second-order valence-electron chi connectivity index (χ2n) is 6.91. The number of methoxy groups -OCH3 is 1. The number of piperazine rings is 1. The minimum absolute atomic E-state index is 0.00394. The number of carbonyl (C=O) groups excluding carboxylic acids is 1. The third-order valence-corrected chi connectivity index (χ3v) is 5.92. The normalized spacial score (nSPS) is 14.3. The highest BCUT2D eigenvalue weighted by Crippen LogP contribution is 2.30. The molecule has 1 amide bonds. The summed E-state index contributed by atoms with van der Waals surface area (Å²) in [6.45, 7) is 4.63. The molecule has 3 aromatic rings. The molecule has 11 heteroatoms. The Hall–Kier alpha value is -2.78. The van der Waals surface area contributed by atoms with Crippen molar-refractivity contribution in [1.29, 1.82) is 0 Å². The first-order chi connectivity index (χ1) is 14.5. The van der Waals surface area contributed by atoms with Crippen molar-refractivity contribution in [3.05, 3.63) is 46.6 Å². The Morgan fingerprint density at radius 3 is 2.63 bits per heavy atom. The SMILES string of the molecule is COc1cc(N2CCN(C(=O)Cn3nc(-n4cncn4)c(Cl)c3C)CC2)ccc1Cl. The van der Waals surface area contributed by atoms with Gasteiger partial charge in [-0.1, -0.05) is 23.2 Å². The van der Waals surface area contributed by atoms with E-state index in [9.17, 15) is 4.79 Å². The maximum absolute atomic E-state index is 12.8. The molecule has 30 heavy (non-hydrogen) atoms. The lowest BCUT2D eigenvalue weighted by atomic mass is 10.2. The fourth-order valence-corrected chi connectivity index (χ4v) is 3.83. The number of aromatic nitrogens is 5. The molecule has 0 bridgehead atoms. The van der Waals surface area contributed by atoms with Gasteiger partial charge in [-0.15, -0.1) is 0 Å². The van der Waals surface area contributed by atoms with Crippen molar-refractivity contribution in [1.82, 2.24) is 29.4 Å². The molecule has 0 aliphatic carbocycles. The number of rotatable bonds is 5. The monoisotopic (exact) mass is 449 g/mol. The Balaban J connectivity index is 1.40. The van der Waals surface area contributed by atoms with Gasteiger partial charge in [0, 0.05) is 37.9 Å². The smallest absolute Gasteiger partial charge is 0.244 e. The third-order valence-electron chi connectivity index (χ3n) is 5.17. The average Bonchev–Trinajstić information content (AvgIpc) is 3.38. The third kappa shape index (κ3) is 3.95.